The van der Waals surface area contributed by atoms with E-state index in [1.807, 2.05) is 44.2 Å². The molecule has 1 aliphatic rings. The van der Waals surface area contributed by atoms with Gasteiger partial charge in [-0.05, 0) is 31.5 Å². The van der Waals surface area contributed by atoms with Gasteiger partial charge in [-0.25, -0.2) is 0 Å². The van der Waals surface area contributed by atoms with Gasteiger partial charge in [0.2, 0.25) is 0 Å². The number of Topliss-reactive ketones (excluding diaryl/α,β-unsaturated/α-hetero) is 1. The number of carbonyl (C=O) groups excluding carboxylic acids is 1. The maximum atomic E-state index is 12.5. The maximum absolute atomic E-state index is 12.5. The molecule has 0 saturated carbocycles. The van der Waals surface area contributed by atoms with Crippen LogP contribution in [-0.2, 0) is 0 Å². The highest BCUT2D eigenvalue weighted by Gasteiger charge is 2.20. The third-order valence-corrected chi connectivity index (χ3v) is 4.93. The second-order valence-electron chi connectivity index (χ2n) is 6.81. The van der Waals surface area contributed by atoms with Crippen molar-refractivity contribution in [2.75, 3.05) is 37.6 Å². The molecular weight excluding hydrogens is 312 g/mol. The van der Waals surface area contributed by atoms with Gasteiger partial charge in [-0.2, -0.15) is 0 Å². The predicted molar refractivity (Wildman–Crippen MR) is 102 cm³/mol. The van der Waals surface area contributed by atoms with Crippen LogP contribution in [0.5, 0.6) is 5.75 Å². The molecule has 0 amide bonds. The molecule has 1 saturated heterocycles. The Labute approximate surface area is 149 Å². The third-order valence-electron chi connectivity index (χ3n) is 4.93. The van der Waals surface area contributed by atoms with E-state index < -0.39 is 0 Å². The lowest BCUT2D eigenvalue weighted by Crippen LogP contribution is -2.46. The quantitative estimate of drug-likeness (QED) is 0.849. The van der Waals surface area contributed by atoms with Gasteiger partial charge < -0.3 is 10.0 Å². The van der Waals surface area contributed by atoms with E-state index >= 15 is 0 Å². The first-order valence-corrected chi connectivity index (χ1v) is 8.90. The third kappa shape index (κ3) is 4.20. The second-order valence-corrected chi connectivity index (χ2v) is 6.81. The van der Waals surface area contributed by atoms with E-state index in [4.69, 9.17) is 0 Å². The predicted octanol–water partition coefficient (Wildman–Crippen LogP) is 3.40. The van der Waals surface area contributed by atoms with E-state index in [1.54, 1.807) is 6.07 Å². The van der Waals surface area contributed by atoms with E-state index in [9.17, 15) is 9.90 Å². The topological polar surface area (TPSA) is 43.8 Å². The zero-order valence-electron chi connectivity index (χ0n) is 15.0. The fourth-order valence-corrected chi connectivity index (χ4v) is 3.46. The first kappa shape index (κ1) is 17.5. The van der Waals surface area contributed by atoms with E-state index in [0.29, 0.717) is 12.2 Å². The minimum atomic E-state index is 0.223. The summed E-state index contributed by atoms with van der Waals surface area (Å²) in [5, 5.41) is 9.98. The van der Waals surface area contributed by atoms with Gasteiger partial charge in [-0.3, -0.25) is 9.69 Å². The van der Waals surface area contributed by atoms with E-state index in [-0.39, 0.29) is 5.78 Å². The molecule has 2 aromatic rings. The molecular formula is C21H26N2O2. The summed E-state index contributed by atoms with van der Waals surface area (Å²) in [6, 6.07) is 13.5. The fraction of sp³-hybridized carbons (Fsp3) is 0.381. The van der Waals surface area contributed by atoms with Crippen molar-refractivity contribution in [1.29, 1.82) is 0 Å². The molecule has 0 aliphatic carbocycles. The van der Waals surface area contributed by atoms with Crippen LogP contribution >= 0.6 is 0 Å². The second kappa shape index (κ2) is 7.70. The van der Waals surface area contributed by atoms with Gasteiger partial charge in [0.05, 0.1) is 5.69 Å². The highest BCUT2D eigenvalue weighted by atomic mass is 16.3. The molecule has 4 nitrogen and oxygen atoms in total. The van der Waals surface area contributed by atoms with Crippen LogP contribution in [0.2, 0.25) is 0 Å². The number of phenolic OH excluding ortho intramolecular Hbond substituents is 1. The number of hydrogen-bond acceptors (Lipinski definition) is 4. The van der Waals surface area contributed by atoms with Gasteiger partial charge in [0.15, 0.2) is 5.78 Å². The van der Waals surface area contributed by atoms with Crippen molar-refractivity contribution < 1.29 is 9.90 Å². The Morgan fingerprint density at radius 1 is 1.04 bits per heavy atom. The number of ketones is 1. The van der Waals surface area contributed by atoms with E-state index in [1.165, 1.54) is 5.56 Å². The molecule has 0 aromatic heterocycles. The highest BCUT2D eigenvalue weighted by Crippen LogP contribution is 2.27. The number of anilines is 1. The Kier molecular flexibility index (Phi) is 5.39. The molecule has 0 unspecified atom stereocenters. The van der Waals surface area contributed by atoms with Crippen molar-refractivity contribution in [2.45, 2.75) is 20.3 Å². The summed E-state index contributed by atoms with van der Waals surface area (Å²) in [4.78, 5) is 17.0. The lowest BCUT2D eigenvalue weighted by Gasteiger charge is -2.36. The van der Waals surface area contributed by atoms with Crippen LogP contribution in [0.4, 0.5) is 5.69 Å². The molecule has 4 heteroatoms. The number of para-hydroxylation sites is 2. The smallest absolute Gasteiger partial charge is 0.164 e. The first-order valence-electron chi connectivity index (χ1n) is 8.90. The van der Waals surface area contributed by atoms with Crippen molar-refractivity contribution in [3.63, 3.8) is 0 Å². The molecule has 2 aromatic carbocycles. The van der Waals surface area contributed by atoms with E-state index in [0.717, 1.165) is 49.5 Å². The van der Waals surface area contributed by atoms with Crippen molar-refractivity contribution >= 4 is 11.5 Å². The normalized spacial score (nSPS) is 15.4. The summed E-state index contributed by atoms with van der Waals surface area (Å²) in [6.45, 7) is 8.41. The minimum Gasteiger partial charge on any atom is -0.506 e. The van der Waals surface area contributed by atoms with Crippen molar-refractivity contribution in [3.8, 4) is 5.75 Å². The monoisotopic (exact) mass is 338 g/mol. The molecule has 1 aliphatic heterocycles. The van der Waals surface area contributed by atoms with Crippen LogP contribution in [0.3, 0.4) is 0 Å². The van der Waals surface area contributed by atoms with Gasteiger partial charge in [-0.1, -0.05) is 35.9 Å². The first-order chi connectivity index (χ1) is 12.0. The Balaban J connectivity index is 1.51. The Morgan fingerprint density at radius 2 is 1.76 bits per heavy atom. The van der Waals surface area contributed by atoms with Crippen LogP contribution in [0.1, 0.15) is 27.9 Å². The number of carbonyl (C=O) groups is 1. The zero-order valence-corrected chi connectivity index (χ0v) is 15.0. The van der Waals surface area contributed by atoms with Gasteiger partial charge >= 0.3 is 0 Å². The number of piperazine rings is 1. The number of phenols is 1. The van der Waals surface area contributed by atoms with Gasteiger partial charge in [0.25, 0.3) is 0 Å². The summed E-state index contributed by atoms with van der Waals surface area (Å²) >= 11 is 0. The van der Waals surface area contributed by atoms with Crippen molar-refractivity contribution in [3.05, 3.63) is 59.2 Å². The number of hydrogen-bond donors (Lipinski definition) is 1. The SMILES string of the molecule is Cc1ccc(C(=O)CCN2CCN(c3ccccc3O)CC2)c(C)c1. The lowest BCUT2D eigenvalue weighted by molar-refractivity contribution is 0.0962. The standard InChI is InChI=1S/C21H26N2O2/c1-16-7-8-18(17(2)15-16)20(24)9-10-22-11-13-23(14-12-22)19-5-3-4-6-21(19)25/h3-8,15,25H,9-14H2,1-2H3. The summed E-state index contributed by atoms with van der Waals surface area (Å²) < 4.78 is 0. The average Bonchev–Trinajstić information content (AvgIpc) is 2.61. The summed E-state index contributed by atoms with van der Waals surface area (Å²) in [5.41, 5.74) is 4.00. The number of aryl methyl sites for hydroxylation is 2. The molecule has 1 heterocycles. The Hall–Kier alpha value is -2.33. The molecule has 132 valence electrons. The van der Waals surface area contributed by atoms with Crippen LogP contribution in [0.25, 0.3) is 0 Å². The van der Waals surface area contributed by atoms with Crippen LogP contribution < -0.4 is 4.90 Å². The minimum absolute atomic E-state index is 0.223. The van der Waals surface area contributed by atoms with Crippen LogP contribution in [-0.4, -0.2) is 48.5 Å². The average molecular weight is 338 g/mol. The summed E-state index contributed by atoms with van der Waals surface area (Å²) in [7, 11) is 0. The van der Waals surface area contributed by atoms with Crippen molar-refractivity contribution in [2.24, 2.45) is 0 Å². The number of aromatic hydroxyl groups is 1. The molecule has 25 heavy (non-hydrogen) atoms. The molecule has 0 atom stereocenters. The zero-order chi connectivity index (χ0) is 17.8. The summed E-state index contributed by atoms with van der Waals surface area (Å²) in [6.07, 6.45) is 0.556. The van der Waals surface area contributed by atoms with E-state index in [2.05, 4.69) is 15.9 Å². The number of rotatable bonds is 5. The summed E-state index contributed by atoms with van der Waals surface area (Å²) in [5.74, 6) is 0.557. The Morgan fingerprint density at radius 3 is 2.44 bits per heavy atom. The number of benzene rings is 2. The molecule has 3 rings (SSSR count). The molecule has 0 spiro atoms. The number of nitrogens with zero attached hydrogens (tertiary/aromatic N) is 2. The lowest BCUT2D eigenvalue weighted by atomic mass is 10.0. The largest absolute Gasteiger partial charge is 0.506 e. The highest BCUT2D eigenvalue weighted by molar-refractivity contribution is 5.97. The molecule has 1 N–H and O–H groups in total. The Bertz CT molecular complexity index is 749. The van der Waals surface area contributed by atoms with Gasteiger partial charge in [0.1, 0.15) is 5.75 Å². The maximum Gasteiger partial charge on any atom is 0.164 e. The molecule has 1 fully saturated rings. The fourth-order valence-electron chi connectivity index (χ4n) is 3.46. The molecule has 0 radical (unpaired) electrons. The van der Waals surface area contributed by atoms with Gasteiger partial charge in [-0.15, -0.1) is 0 Å². The van der Waals surface area contributed by atoms with Crippen LogP contribution in [0, 0.1) is 13.8 Å². The van der Waals surface area contributed by atoms with Crippen molar-refractivity contribution in [1.82, 2.24) is 4.90 Å². The van der Waals surface area contributed by atoms with Gasteiger partial charge in [0, 0.05) is 44.7 Å². The van der Waals surface area contributed by atoms with Crippen LogP contribution in [0.15, 0.2) is 42.5 Å². The molecule has 0 bridgehead atoms.